The zero-order valence-electron chi connectivity index (χ0n) is 20.1. The minimum Gasteiger partial charge on any atom is -0.492 e. The predicted octanol–water partition coefficient (Wildman–Crippen LogP) is 5.28. The summed E-state index contributed by atoms with van der Waals surface area (Å²) in [6.07, 6.45) is 7.54. The van der Waals surface area contributed by atoms with Gasteiger partial charge < -0.3 is 19.3 Å². The maximum absolute atomic E-state index is 5.89. The highest BCUT2D eigenvalue weighted by Crippen LogP contribution is 2.34. The number of nitrogens with zero attached hydrogens (tertiary/aromatic N) is 2. The molecule has 0 heterocycles. The molecule has 0 aromatic heterocycles. The van der Waals surface area contributed by atoms with Crippen molar-refractivity contribution in [3.8, 4) is 11.5 Å². The SMILES string of the molecule is CC(C1=CC=CC1)=C(c1ccc(OCCN(C)C)cc1)c1ccc(OCCN(C)C)cc1. The van der Waals surface area contributed by atoms with E-state index in [0.29, 0.717) is 13.2 Å². The molecule has 170 valence electrons. The van der Waals surface area contributed by atoms with Gasteiger partial charge >= 0.3 is 0 Å². The maximum Gasteiger partial charge on any atom is 0.119 e. The van der Waals surface area contributed by atoms with E-state index in [1.807, 2.05) is 0 Å². The standard InChI is InChI=1S/C28H36N2O2/c1-22(23-8-6-7-9-23)28(24-10-14-26(15-11-24)31-20-18-29(2)3)25-12-16-27(17-13-25)32-21-19-30(4)5/h6-8,10-17H,9,18-21H2,1-5H3. The predicted molar refractivity (Wildman–Crippen MR) is 135 cm³/mol. The van der Waals surface area contributed by atoms with Crippen LogP contribution in [0.4, 0.5) is 0 Å². The lowest BCUT2D eigenvalue weighted by Crippen LogP contribution is -2.19. The van der Waals surface area contributed by atoms with Crippen molar-refractivity contribution in [1.29, 1.82) is 0 Å². The van der Waals surface area contributed by atoms with Crippen molar-refractivity contribution in [1.82, 2.24) is 9.80 Å². The smallest absolute Gasteiger partial charge is 0.119 e. The molecule has 0 unspecified atom stereocenters. The van der Waals surface area contributed by atoms with Gasteiger partial charge in [0.15, 0.2) is 0 Å². The van der Waals surface area contributed by atoms with Gasteiger partial charge in [0.05, 0.1) is 0 Å². The fourth-order valence-corrected chi connectivity index (χ4v) is 3.61. The maximum atomic E-state index is 5.89. The zero-order chi connectivity index (χ0) is 22.9. The highest BCUT2D eigenvalue weighted by molar-refractivity contribution is 5.85. The third-order valence-electron chi connectivity index (χ3n) is 5.53. The second kappa shape index (κ2) is 11.7. The van der Waals surface area contributed by atoms with Crippen LogP contribution in [-0.2, 0) is 0 Å². The molecule has 0 atom stereocenters. The Morgan fingerprint density at radius 1 is 0.750 bits per heavy atom. The van der Waals surface area contributed by atoms with Crippen LogP contribution in [0.5, 0.6) is 11.5 Å². The van der Waals surface area contributed by atoms with Gasteiger partial charge in [-0.3, -0.25) is 0 Å². The van der Waals surface area contributed by atoms with Gasteiger partial charge in [-0.05, 0) is 93.6 Å². The molecule has 0 amide bonds. The molecule has 32 heavy (non-hydrogen) atoms. The normalized spacial score (nSPS) is 12.9. The van der Waals surface area contributed by atoms with Crippen molar-refractivity contribution in [2.45, 2.75) is 13.3 Å². The molecular weight excluding hydrogens is 396 g/mol. The van der Waals surface area contributed by atoms with Crippen molar-refractivity contribution in [3.63, 3.8) is 0 Å². The molecule has 0 bridgehead atoms. The molecule has 0 fully saturated rings. The van der Waals surface area contributed by atoms with Gasteiger partial charge in [-0.1, -0.05) is 42.5 Å². The van der Waals surface area contributed by atoms with E-state index in [9.17, 15) is 0 Å². The number of benzene rings is 2. The van der Waals surface area contributed by atoms with Crippen LogP contribution >= 0.6 is 0 Å². The van der Waals surface area contributed by atoms with E-state index in [0.717, 1.165) is 31.0 Å². The average molecular weight is 433 g/mol. The number of hydrogen-bond donors (Lipinski definition) is 0. The second-order valence-electron chi connectivity index (χ2n) is 8.68. The fraction of sp³-hybridized carbons (Fsp3) is 0.357. The van der Waals surface area contributed by atoms with Crippen LogP contribution in [0.25, 0.3) is 5.57 Å². The summed E-state index contributed by atoms with van der Waals surface area (Å²) in [5.74, 6) is 1.80. The van der Waals surface area contributed by atoms with E-state index < -0.39 is 0 Å². The van der Waals surface area contributed by atoms with Gasteiger partial charge in [0.2, 0.25) is 0 Å². The molecule has 3 rings (SSSR count). The summed E-state index contributed by atoms with van der Waals surface area (Å²) in [5.41, 5.74) is 6.29. The molecule has 0 N–H and O–H groups in total. The average Bonchev–Trinajstić information content (AvgIpc) is 3.31. The van der Waals surface area contributed by atoms with Gasteiger partial charge in [-0.2, -0.15) is 0 Å². The molecular formula is C28H36N2O2. The fourth-order valence-electron chi connectivity index (χ4n) is 3.61. The third-order valence-corrected chi connectivity index (χ3v) is 5.53. The van der Waals surface area contributed by atoms with E-state index in [1.54, 1.807) is 0 Å². The van der Waals surface area contributed by atoms with Gasteiger partial charge in [0.25, 0.3) is 0 Å². The highest BCUT2D eigenvalue weighted by Gasteiger charge is 2.14. The monoisotopic (exact) mass is 432 g/mol. The number of likely N-dealkylation sites (N-methyl/N-ethyl adjacent to an activating group) is 2. The molecule has 0 saturated heterocycles. The number of allylic oxidation sites excluding steroid dienone is 5. The Labute approximate surface area is 193 Å². The molecule has 0 radical (unpaired) electrons. The molecule has 0 spiro atoms. The minimum absolute atomic E-state index is 0.682. The number of hydrogen-bond acceptors (Lipinski definition) is 4. The summed E-state index contributed by atoms with van der Waals surface area (Å²) >= 11 is 0. The second-order valence-corrected chi connectivity index (χ2v) is 8.68. The molecule has 0 saturated carbocycles. The van der Waals surface area contributed by atoms with Crippen LogP contribution in [0.15, 0.2) is 77.9 Å². The Balaban J connectivity index is 1.83. The van der Waals surface area contributed by atoms with Crippen molar-refractivity contribution in [2.24, 2.45) is 0 Å². The molecule has 2 aromatic rings. The minimum atomic E-state index is 0.682. The molecule has 1 aliphatic carbocycles. The summed E-state index contributed by atoms with van der Waals surface area (Å²) in [5, 5.41) is 0. The lowest BCUT2D eigenvalue weighted by Gasteiger charge is -2.17. The van der Waals surface area contributed by atoms with Gasteiger partial charge in [0, 0.05) is 13.1 Å². The first kappa shape index (κ1) is 23.8. The lowest BCUT2D eigenvalue weighted by atomic mass is 9.90. The van der Waals surface area contributed by atoms with E-state index >= 15 is 0 Å². The van der Waals surface area contributed by atoms with Crippen LogP contribution in [0.1, 0.15) is 24.5 Å². The van der Waals surface area contributed by atoms with Crippen LogP contribution in [0, 0.1) is 0 Å². The van der Waals surface area contributed by atoms with E-state index in [-0.39, 0.29) is 0 Å². The third kappa shape index (κ3) is 6.84. The Morgan fingerprint density at radius 2 is 1.22 bits per heavy atom. The Morgan fingerprint density at radius 3 is 1.59 bits per heavy atom. The van der Waals surface area contributed by atoms with E-state index in [2.05, 4.69) is 112 Å². The molecule has 4 nitrogen and oxygen atoms in total. The summed E-state index contributed by atoms with van der Waals surface area (Å²) in [6.45, 7) is 5.38. The first-order chi connectivity index (χ1) is 15.4. The van der Waals surface area contributed by atoms with Crippen molar-refractivity contribution in [3.05, 3.63) is 89.0 Å². The topological polar surface area (TPSA) is 24.9 Å². The van der Waals surface area contributed by atoms with Gasteiger partial charge in [-0.15, -0.1) is 0 Å². The van der Waals surface area contributed by atoms with Crippen molar-refractivity contribution >= 4 is 5.57 Å². The number of ether oxygens (including phenoxy) is 2. The Kier molecular flexibility index (Phi) is 8.72. The largest absolute Gasteiger partial charge is 0.492 e. The van der Waals surface area contributed by atoms with Crippen LogP contribution in [-0.4, -0.2) is 64.3 Å². The summed E-state index contributed by atoms with van der Waals surface area (Å²) in [4.78, 5) is 4.24. The molecule has 1 aliphatic rings. The number of rotatable bonds is 11. The van der Waals surface area contributed by atoms with Crippen LogP contribution in [0.3, 0.4) is 0 Å². The van der Waals surface area contributed by atoms with Crippen molar-refractivity contribution < 1.29 is 9.47 Å². The van der Waals surface area contributed by atoms with Gasteiger partial charge in [0.1, 0.15) is 24.7 Å². The molecule has 2 aromatic carbocycles. The first-order valence-corrected chi connectivity index (χ1v) is 11.3. The summed E-state index contributed by atoms with van der Waals surface area (Å²) < 4.78 is 11.8. The van der Waals surface area contributed by atoms with Crippen molar-refractivity contribution in [2.75, 3.05) is 54.5 Å². The van der Waals surface area contributed by atoms with Crippen LogP contribution in [0.2, 0.25) is 0 Å². The van der Waals surface area contributed by atoms with E-state index in [1.165, 1.54) is 27.8 Å². The Bertz CT molecular complexity index is 892. The highest BCUT2D eigenvalue weighted by atomic mass is 16.5. The van der Waals surface area contributed by atoms with E-state index in [4.69, 9.17) is 9.47 Å². The molecule has 4 heteroatoms. The lowest BCUT2D eigenvalue weighted by molar-refractivity contribution is 0.261. The molecule has 0 aliphatic heterocycles. The quantitative estimate of drug-likeness (QED) is 0.483. The Hall–Kier alpha value is -2.82. The first-order valence-electron chi connectivity index (χ1n) is 11.3. The zero-order valence-corrected chi connectivity index (χ0v) is 20.1. The van der Waals surface area contributed by atoms with Crippen LogP contribution < -0.4 is 9.47 Å². The van der Waals surface area contributed by atoms with Gasteiger partial charge in [-0.25, -0.2) is 0 Å². The summed E-state index contributed by atoms with van der Waals surface area (Å²) in [7, 11) is 8.21. The summed E-state index contributed by atoms with van der Waals surface area (Å²) in [6, 6.07) is 16.9.